The zero-order chi connectivity index (χ0) is 18.2. The number of fused-ring (bicyclic) bond motifs is 1. The molecule has 0 saturated heterocycles. The Morgan fingerprint density at radius 3 is 2.80 bits per heavy atom. The summed E-state index contributed by atoms with van der Waals surface area (Å²) in [6.45, 7) is -0.0528. The molecule has 0 radical (unpaired) electrons. The monoisotopic (exact) mass is 422 g/mol. The van der Waals surface area contributed by atoms with Gasteiger partial charge in [0.05, 0.1) is 31.5 Å². The predicted octanol–water partition coefficient (Wildman–Crippen LogP) is 4.25. The van der Waals surface area contributed by atoms with Crippen LogP contribution in [0.4, 0.5) is 17.6 Å². The molecule has 0 saturated carbocycles. The second kappa shape index (κ2) is 6.95. The van der Waals surface area contributed by atoms with Crippen molar-refractivity contribution in [2.24, 2.45) is 0 Å². The van der Waals surface area contributed by atoms with Crippen LogP contribution >= 0.6 is 15.9 Å². The lowest BCUT2D eigenvalue weighted by molar-refractivity contribution is -0.138. The topological polar surface area (TPSA) is 36.3 Å². The highest BCUT2D eigenvalue weighted by molar-refractivity contribution is 9.10. The van der Waals surface area contributed by atoms with E-state index in [4.69, 9.17) is 9.47 Å². The normalized spacial score (nSPS) is 17.9. The van der Waals surface area contributed by atoms with Crippen molar-refractivity contribution in [3.05, 3.63) is 34.1 Å². The van der Waals surface area contributed by atoms with Crippen molar-refractivity contribution in [2.45, 2.75) is 25.2 Å². The second-order valence-corrected chi connectivity index (χ2v) is 6.34. The summed E-state index contributed by atoms with van der Waals surface area (Å²) in [5, 5.41) is 0. The van der Waals surface area contributed by atoms with Crippen LogP contribution in [0, 0.1) is 0 Å². The lowest BCUT2D eigenvalue weighted by atomic mass is 10.1. The van der Waals surface area contributed by atoms with Crippen molar-refractivity contribution >= 4 is 15.9 Å². The lowest BCUT2D eigenvalue weighted by Crippen LogP contribution is -2.21. The molecule has 1 unspecified atom stereocenters. The van der Waals surface area contributed by atoms with Gasteiger partial charge in [-0.15, -0.1) is 0 Å². The fraction of sp³-hybridized carbons (Fsp3) is 0.438. The summed E-state index contributed by atoms with van der Waals surface area (Å²) in [7, 11) is 1.18. The number of imidazole rings is 1. The van der Waals surface area contributed by atoms with E-state index in [-0.39, 0.29) is 12.3 Å². The van der Waals surface area contributed by atoms with Gasteiger partial charge in [-0.2, -0.15) is 13.2 Å². The van der Waals surface area contributed by atoms with Crippen LogP contribution in [0.15, 0.2) is 22.8 Å². The van der Waals surface area contributed by atoms with Crippen LogP contribution in [-0.2, 0) is 23.9 Å². The fourth-order valence-electron chi connectivity index (χ4n) is 2.85. The van der Waals surface area contributed by atoms with Gasteiger partial charge in [-0.25, -0.2) is 9.37 Å². The van der Waals surface area contributed by atoms with Crippen molar-refractivity contribution in [1.29, 1.82) is 0 Å². The van der Waals surface area contributed by atoms with Crippen molar-refractivity contribution in [3.63, 3.8) is 0 Å². The number of benzene rings is 1. The predicted molar refractivity (Wildman–Crippen MR) is 86.3 cm³/mol. The molecule has 0 N–H and O–H groups in total. The van der Waals surface area contributed by atoms with E-state index in [0.717, 1.165) is 11.8 Å². The molecular formula is C16H15BrF4N2O2. The molecule has 1 aromatic heterocycles. The molecule has 9 heteroatoms. The Hall–Kier alpha value is -1.61. The van der Waals surface area contributed by atoms with E-state index in [9.17, 15) is 17.6 Å². The third-order valence-electron chi connectivity index (χ3n) is 4.04. The molecule has 3 rings (SSSR count). The smallest absolute Gasteiger partial charge is 0.419 e. The molecule has 0 spiro atoms. The third-order valence-corrected chi connectivity index (χ3v) is 4.67. The molecule has 0 amide bonds. The average Bonchev–Trinajstić information content (AvgIpc) is 2.76. The first-order chi connectivity index (χ1) is 11.8. The first-order valence-electron chi connectivity index (χ1n) is 7.53. The van der Waals surface area contributed by atoms with Crippen molar-refractivity contribution in [2.75, 3.05) is 20.4 Å². The summed E-state index contributed by atoms with van der Waals surface area (Å²) >= 11 is 3.37. The number of hydrogen-bond acceptors (Lipinski definition) is 3. The molecule has 1 aromatic carbocycles. The van der Waals surface area contributed by atoms with Crippen LogP contribution in [-0.4, -0.2) is 36.0 Å². The molecule has 25 heavy (non-hydrogen) atoms. The summed E-state index contributed by atoms with van der Waals surface area (Å²) in [6.07, 6.45) is -4.60. The summed E-state index contributed by atoms with van der Waals surface area (Å²) in [5.41, 5.74) is 0.423. The number of halogens is 5. The van der Waals surface area contributed by atoms with E-state index in [1.165, 1.54) is 19.2 Å². The van der Waals surface area contributed by atoms with Gasteiger partial charge in [0.25, 0.3) is 0 Å². The zero-order valence-electron chi connectivity index (χ0n) is 13.2. The Bertz CT molecular complexity index is 776. The zero-order valence-corrected chi connectivity index (χ0v) is 14.8. The van der Waals surface area contributed by atoms with Crippen LogP contribution in [0.25, 0.3) is 11.4 Å². The lowest BCUT2D eigenvalue weighted by Gasteiger charge is -2.16. The average molecular weight is 423 g/mol. The van der Waals surface area contributed by atoms with E-state index in [0.29, 0.717) is 29.0 Å². The maximum absolute atomic E-state index is 13.1. The second-order valence-electron chi connectivity index (χ2n) is 5.59. The number of aromatic nitrogens is 2. The SMILES string of the molecule is COc1cc(-c2nc(Br)c3n2CC(CF)OCC3)ccc1C(F)(F)F. The van der Waals surface area contributed by atoms with Gasteiger partial charge in [-0.05, 0) is 28.1 Å². The molecule has 2 heterocycles. The van der Waals surface area contributed by atoms with Gasteiger partial charge in [-0.3, -0.25) is 0 Å². The molecule has 0 fully saturated rings. The van der Waals surface area contributed by atoms with Gasteiger partial charge in [0, 0.05) is 12.0 Å². The van der Waals surface area contributed by atoms with Gasteiger partial charge < -0.3 is 14.0 Å². The molecule has 1 atom stereocenters. The van der Waals surface area contributed by atoms with E-state index in [2.05, 4.69) is 20.9 Å². The Kier molecular flexibility index (Phi) is 5.06. The van der Waals surface area contributed by atoms with Crippen LogP contribution in [0.3, 0.4) is 0 Å². The number of methoxy groups -OCH3 is 1. The maximum Gasteiger partial charge on any atom is 0.419 e. The number of nitrogens with zero attached hydrogens (tertiary/aromatic N) is 2. The minimum Gasteiger partial charge on any atom is -0.496 e. The minimum absolute atomic E-state index is 0.239. The Morgan fingerprint density at radius 2 is 2.16 bits per heavy atom. The summed E-state index contributed by atoms with van der Waals surface area (Å²) in [6, 6.07) is 3.59. The number of alkyl halides is 4. The quantitative estimate of drug-likeness (QED) is 0.693. The molecule has 1 aliphatic heterocycles. The molecular weight excluding hydrogens is 408 g/mol. The fourth-order valence-corrected chi connectivity index (χ4v) is 3.43. The van der Waals surface area contributed by atoms with Crippen molar-refractivity contribution in [1.82, 2.24) is 9.55 Å². The van der Waals surface area contributed by atoms with Crippen LogP contribution in [0.1, 0.15) is 11.3 Å². The van der Waals surface area contributed by atoms with Crippen LogP contribution in [0.5, 0.6) is 5.75 Å². The molecule has 136 valence electrons. The molecule has 0 bridgehead atoms. The molecule has 1 aliphatic rings. The minimum atomic E-state index is -4.51. The van der Waals surface area contributed by atoms with Gasteiger partial charge in [0.2, 0.25) is 0 Å². The third kappa shape index (κ3) is 3.52. The van der Waals surface area contributed by atoms with Gasteiger partial charge >= 0.3 is 6.18 Å². The Balaban J connectivity index is 2.09. The maximum atomic E-state index is 13.1. The van der Waals surface area contributed by atoms with Gasteiger partial charge in [0.15, 0.2) is 0 Å². The van der Waals surface area contributed by atoms with Crippen molar-refractivity contribution < 1.29 is 27.0 Å². The van der Waals surface area contributed by atoms with Crippen molar-refractivity contribution in [3.8, 4) is 17.1 Å². The highest BCUT2D eigenvalue weighted by Gasteiger charge is 2.34. The first kappa shape index (κ1) is 18.2. The Labute approximate surface area is 149 Å². The summed E-state index contributed by atoms with van der Waals surface area (Å²) < 4.78 is 64.9. The molecule has 0 aliphatic carbocycles. The Morgan fingerprint density at radius 1 is 1.40 bits per heavy atom. The highest BCUT2D eigenvalue weighted by atomic mass is 79.9. The van der Waals surface area contributed by atoms with E-state index in [1.54, 1.807) is 4.57 Å². The number of rotatable bonds is 3. The number of ether oxygens (including phenoxy) is 2. The van der Waals surface area contributed by atoms with E-state index in [1.807, 2.05) is 0 Å². The van der Waals surface area contributed by atoms with Crippen LogP contribution in [0.2, 0.25) is 0 Å². The van der Waals surface area contributed by atoms with E-state index < -0.39 is 24.5 Å². The first-order valence-corrected chi connectivity index (χ1v) is 8.32. The summed E-state index contributed by atoms with van der Waals surface area (Å²) in [4.78, 5) is 4.40. The van der Waals surface area contributed by atoms with Gasteiger partial charge in [-0.1, -0.05) is 6.07 Å². The number of hydrogen-bond donors (Lipinski definition) is 0. The largest absolute Gasteiger partial charge is 0.496 e. The highest BCUT2D eigenvalue weighted by Crippen LogP contribution is 2.39. The standard InChI is InChI=1S/C16H15BrF4N2O2/c1-24-13-6-9(2-3-11(13)16(19,20)21)15-22-14(17)12-4-5-25-10(7-18)8-23(12)15/h2-3,6,10H,4-5,7-8H2,1H3. The van der Waals surface area contributed by atoms with E-state index >= 15 is 0 Å². The van der Waals surface area contributed by atoms with Crippen LogP contribution < -0.4 is 4.74 Å². The summed E-state index contributed by atoms with van der Waals surface area (Å²) in [5.74, 6) is 0.156. The van der Waals surface area contributed by atoms with Gasteiger partial charge in [0.1, 0.15) is 29.0 Å². The molecule has 2 aromatic rings. The molecule has 4 nitrogen and oxygen atoms in total.